The number of hydrogen-bond acceptors (Lipinski definition) is 3. The van der Waals surface area contributed by atoms with Gasteiger partial charge in [0.1, 0.15) is 0 Å². The van der Waals surface area contributed by atoms with Crippen molar-refractivity contribution in [1.29, 1.82) is 0 Å². The summed E-state index contributed by atoms with van der Waals surface area (Å²) in [6, 6.07) is 14.0. The molecule has 3 amide bonds. The standard InChI is InChI=1S/C19H19N3O3/c1-13-3-5-15(6-4-13)7-12-18(24)21-22-19(25)16-8-10-17(11-9-16)20-14(2)23/h3-12H,1-2H3,(H,20,23)(H,21,24)(H,22,25)/b12-7+. The Hall–Kier alpha value is -3.41. The first kappa shape index (κ1) is 17.9. The van der Waals surface area contributed by atoms with Crippen molar-refractivity contribution in [3.05, 3.63) is 71.3 Å². The molecule has 6 heteroatoms. The van der Waals surface area contributed by atoms with E-state index in [2.05, 4.69) is 16.2 Å². The average molecular weight is 337 g/mol. The molecule has 6 nitrogen and oxygen atoms in total. The van der Waals surface area contributed by atoms with Gasteiger partial charge in [0, 0.05) is 24.3 Å². The lowest BCUT2D eigenvalue weighted by molar-refractivity contribution is -0.117. The van der Waals surface area contributed by atoms with Crippen molar-refractivity contribution in [2.45, 2.75) is 13.8 Å². The highest BCUT2D eigenvalue weighted by Crippen LogP contribution is 2.09. The molecule has 0 unspecified atom stereocenters. The summed E-state index contributed by atoms with van der Waals surface area (Å²) in [7, 11) is 0. The molecule has 0 saturated heterocycles. The van der Waals surface area contributed by atoms with Gasteiger partial charge in [-0.2, -0.15) is 0 Å². The lowest BCUT2D eigenvalue weighted by Crippen LogP contribution is -2.40. The molecule has 0 aliphatic heterocycles. The zero-order valence-corrected chi connectivity index (χ0v) is 14.0. The van der Waals surface area contributed by atoms with Gasteiger partial charge < -0.3 is 5.32 Å². The van der Waals surface area contributed by atoms with Gasteiger partial charge in [-0.25, -0.2) is 0 Å². The molecule has 0 spiro atoms. The van der Waals surface area contributed by atoms with Crippen molar-refractivity contribution < 1.29 is 14.4 Å². The van der Waals surface area contributed by atoms with Gasteiger partial charge in [-0.15, -0.1) is 0 Å². The largest absolute Gasteiger partial charge is 0.326 e. The highest BCUT2D eigenvalue weighted by molar-refractivity contribution is 5.98. The van der Waals surface area contributed by atoms with E-state index in [1.807, 2.05) is 31.2 Å². The van der Waals surface area contributed by atoms with Crippen LogP contribution in [0.15, 0.2) is 54.6 Å². The van der Waals surface area contributed by atoms with Crippen LogP contribution in [0.4, 0.5) is 5.69 Å². The molecule has 0 atom stereocenters. The van der Waals surface area contributed by atoms with Crippen LogP contribution in [-0.2, 0) is 9.59 Å². The first-order chi connectivity index (χ1) is 11.9. The molecular weight excluding hydrogens is 318 g/mol. The maximum Gasteiger partial charge on any atom is 0.269 e. The first-order valence-corrected chi connectivity index (χ1v) is 7.67. The third-order valence-corrected chi connectivity index (χ3v) is 3.27. The van der Waals surface area contributed by atoms with E-state index in [1.165, 1.54) is 13.0 Å². The maximum atomic E-state index is 12.0. The number of hydrogen-bond donors (Lipinski definition) is 3. The van der Waals surface area contributed by atoms with Crippen molar-refractivity contribution in [2.75, 3.05) is 5.32 Å². The van der Waals surface area contributed by atoms with Crippen molar-refractivity contribution in [3.63, 3.8) is 0 Å². The van der Waals surface area contributed by atoms with Crippen LogP contribution in [0.1, 0.15) is 28.4 Å². The zero-order chi connectivity index (χ0) is 18.2. The normalized spacial score (nSPS) is 10.3. The summed E-state index contributed by atoms with van der Waals surface area (Å²) < 4.78 is 0. The molecule has 0 aromatic heterocycles. The van der Waals surface area contributed by atoms with Crippen molar-refractivity contribution in [3.8, 4) is 0 Å². The maximum absolute atomic E-state index is 12.0. The Morgan fingerprint density at radius 1 is 0.880 bits per heavy atom. The smallest absolute Gasteiger partial charge is 0.269 e. The molecule has 0 fully saturated rings. The molecule has 2 aromatic carbocycles. The number of nitrogens with one attached hydrogen (secondary N) is 3. The summed E-state index contributed by atoms with van der Waals surface area (Å²) in [5, 5.41) is 2.61. The second kappa shape index (κ2) is 8.44. The summed E-state index contributed by atoms with van der Waals surface area (Å²) in [5.41, 5.74) is 7.62. The fourth-order valence-corrected chi connectivity index (χ4v) is 1.99. The molecule has 0 radical (unpaired) electrons. The van der Waals surface area contributed by atoms with E-state index in [4.69, 9.17) is 0 Å². The van der Waals surface area contributed by atoms with Crippen LogP contribution in [0.5, 0.6) is 0 Å². The Labute approximate surface area is 145 Å². The lowest BCUT2D eigenvalue weighted by Gasteiger charge is -2.06. The highest BCUT2D eigenvalue weighted by atomic mass is 16.2. The number of benzene rings is 2. The quantitative estimate of drug-likeness (QED) is 0.591. The molecule has 128 valence electrons. The topological polar surface area (TPSA) is 87.3 Å². The Morgan fingerprint density at radius 2 is 1.52 bits per heavy atom. The molecule has 0 aliphatic carbocycles. The number of rotatable bonds is 4. The van der Waals surface area contributed by atoms with Crippen molar-refractivity contribution in [2.24, 2.45) is 0 Å². The Kier molecular flexibility index (Phi) is 6.06. The van der Waals surface area contributed by atoms with Gasteiger partial charge in [0.25, 0.3) is 11.8 Å². The van der Waals surface area contributed by atoms with Crippen LogP contribution in [0, 0.1) is 6.92 Å². The molecule has 2 aromatic rings. The number of carbonyl (C=O) groups excluding carboxylic acids is 3. The molecule has 2 rings (SSSR count). The van der Waals surface area contributed by atoms with Crippen LogP contribution >= 0.6 is 0 Å². The second-order valence-corrected chi connectivity index (χ2v) is 5.45. The predicted molar refractivity (Wildman–Crippen MR) is 96.6 cm³/mol. The van der Waals surface area contributed by atoms with E-state index in [0.29, 0.717) is 11.3 Å². The SMILES string of the molecule is CC(=O)Nc1ccc(C(=O)NNC(=O)/C=C/c2ccc(C)cc2)cc1. The molecule has 0 heterocycles. The summed E-state index contributed by atoms with van der Waals surface area (Å²) in [6.45, 7) is 3.39. The van der Waals surface area contributed by atoms with Gasteiger partial charge in [0.15, 0.2) is 0 Å². The van der Waals surface area contributed by atoms with E-state index in [1.54, 1.807) is 30.3 Å². The molecule has 0 saturated carbocycles. The third-order valence-electron chi connectivity index (χ3n) is 3.27. The van der Waals surface area contributed by atoms with Crippen molar-refractivity contribution >= 4 is 29.5 Å². The fraction of sp³-hybridized carbons (Fsp3) is 0.105. The molecule has 3 N–H and O–H groups in total. The summed E-state index contributed by atoms with van der Waals surface area (Å²) in [6.07, 6.45) is 2.99. The number of amides is 3. The number of carbonyl (C=O) groups is 3. The van der Waals surface area contributed by atoms with Crippen LogP contribution in [-0.4, -0.2) is 17.7 Å². The third kappa shape index (κ3) is 5.95. The first-order valence-electron chi connectivity index (χ1n) is 7.67. The van der Waals surface area contributed by atoms with Gasteiger partial charge >= 0.3 is 0 Å². The van der Waals surface area contributed by atoms with Gasteiger partial charge in [-0.1, -0.05) is 29.8 Å². The second-order valence-electron chi connectivity index (χ2n) is 5.45. The van der Waals surface area contributed by atoms with Crippen LogP contribution in [0.25, 0.3) is 6.08 Å². The molecule has 0 bridgehead atoms. The summed E-state index contributed by atoms with van der Waals surface area (Å²) >= 11 is 0. The minimum absolute atomic E-state index is 0.190. The van der Waals surface area contributed by atoms with E-state index in [9.17, 15) is 14.4 Å². The van der Waals surface area contributed by atoms with Crippen LogP contribution in [0.2, 0.25) is 0 Å². The van der Waals surface area contributed by atoms with Gasteiger partial charge in [-0.3, -0.25) is 25.2 Å². The summed E-state index contributed by atoms with van der Waals surface area (Å²) in [5.74, 6) is -1.08. The van der Waals surface area contributed by atoms with Crippen LogP contribution < -0.4 is 16.2 Å². The Morgan fingerprint density at radius 3 is 2.12 bits per heavy atom. The lowest BCUT2D eigenvalue weighted by atomic mass is 10.1. The monoisotopic (exact) mass is 337 g/mol. The highest BCUT2D eigenvalue weighted by Gasteiger charge is 2.06. The van der Waals surface area contributed by atoms with E-state index in [0.717, 1.165) is 11.1 Å². The Bertz CT molecular complexity index is 794. The zero-order valence-electron chi connectivity index (χ0n) is 14.0. The molecule has 0 aliphatic rings. The van der Waals surface area contributed by atoms with E-state index in [-0.39, 0.29) is 5.91 Å². The van der Waals surface area contributed by atoms with Crippen LogP contribution in [0.3, 0.4) is 0 Å². The minimum atomic E-state index is -0.452. The van der Waals surface area contributed by atoms with E-state index < -0.39 is 11.8 Å². The minimum Gasteiger partial charge on any atom is -0.326 e. The van der Waals surface area contributed by atoms with Crippen molar-refractivity contribution in [1.82, 2.24) is 10.9 Å². The van der Waals surface area contributed by atoms with E-state index >= 15 is 0 Å². The number of anilines is 1. The summed E-state index contributed by atoms with van der Waals surface area (Å²) in [4.78, 5) is 34.6. The predicted octanol–water partition coefficient (Wildman–Crippen LogP) is 2.43. The Balaban J connectivity index is 1.85. The number of aryl methyl sites for hydroxylation is 1. The van der Waals surface area contributed by atoms with Gasteiger partial charge in [0.2, 0.25) is 5.91 Å². The fourth-order valence-electron chi connectivity index (χ4n) is 1.99. The van der Waals surface area contributed by atoms with Gasteiger partial charge in [-0.05, 0) is 42.8 Å². The number of hydrazine groups is 1. The average Bonchev–Trinajstić information content (AvgIpc) is 2.59. The molecular formula is C19H19N3O3. The van der Waals surface area contributed by atoms with Gasteiger partial charge in [0.05, 0.1) is 0 Å². The molecule has 25 heavy (non-hydrogen) atoms.